The van der Waals surface area contributed by atoms with Gasteiger partial charge in [0.05, 0.1) is 4.90 Å². The lowest BCUT2D eigenvalue weighted by Crippen LogP contribution is -2.45. The molecule has 0 radical (unpaired) electrons. The lowest BCUT2D eigenvalue weighted by Gasteiger charge is -2.22. The van der Waals surface area contributed by atoms with Crippen LogP contribution in [0.1, 0.15) is 23.6 Å². The molecule has 174 valence electrons. The van der Waals surface area contributed by atoms with E-state index in [2.05, 4.69) is 16.0 Å². The van der Waals surface area contributed by atoms with Gasteiger partial charge < -0.3 is 10.6 Å². The maximum Gasteiger partial charge on any atom is 0.325 e. The summed E-state index contributed by atoms with van der Waals surface area (Å²) in [5.74, 6) is -1.55. The molecular weight excluding hydrogens is 448 g/mol. The molecule has 0 saturated carbocycles. The monoisotopic (exact) mass is 472 g/mol. The Morgan fingerprint density at radius 3 is 2.24 bits per heavy atom. The van der Waals surface area contributed by atoms with E-state index < -0.39 is 45.8 Å². The van der Waals surface area contributed by atoms with E-state index in [-0.39, 0.29) is 4.90 Å². The first-order chi connectivity index (χ1) is 15.3. The quantitative estimate of drug-likeness (QED) is 0.567. The predicted molar refractivity (Wildman–Crippen MR) is 120 cm³/mol. The highest BCUT2D eigenvalue weighted by Gasteiger charge is 2.49. The van der Waals surface area contributed by atoms with E-state index in [0.717, 1.165) is 17.4 Å². The maximum absolute atomic E-state index is 12.9. The van der Waals surface area contributed by atoms with Crippen LogP contribution >= 0.6 is 0 Å². The number of nitrogens with one attached hydrogen (secondary N) is 3. The van der Waals surface area contributed by atoms with Gasteiger partial charge in [-0.2, -0.15) is 0 Å². The fourth-order valence-corrected chi connectivity index (χ4v) is 3.99. The molecule has 1 atom stereocenters. The molecular formula is C22H24N4O6S. The number of urea groups is 2. The zero-order chi connectivity index (χ0) is 24.6. The maximum atomic E-state index is 12.9. The van der Waals surface area contributed by atoms with Crippen molar-refractivity contribution < 1.29 is 27.6 Å². The van der Waals surface area contributed by atoms with Crippen molar-refractivity contribution in [2.75, 3.05) is 18.1 Å². The Morgan fingerprint density at radius 2 is 1.67 bits per heavy atom. The third kappa shape index (κ3) is 5.03. The SMILES string of the molecule is Cc1ccc(NC(=O)NC(=O)CN2C(=O)NC(C)(c3ccc(S(C)(=O)=O)cc3)C2=O)cc1C. The zero-order valence-electron chi connectivity index (χ0n) is 18.6. The van der Waals surface area contributed by atoms with Gasteiger partial charge in [0.1, 0.15) is 12.1 Å². The van der Waals surface area contributed by atoms with Crippen LogP contribution in [-0.4, -0.2) is 50.0 Å². The van der Waals surface area contributed by atoms with Gasteiger partial charge in [-0.05, 0) is 61.7 Å². The summed E-state index contributed by atoms with van der Waals surface area (Å²) < 4.78 is 23.3. The Bertz CT molecular complexity index is 1260. The van der Waals surface area contributed by atoms with Crippen LogP contribution in [0.15, 0.2) is 47.4 Å². The molecule has 2 aromatic rings. The molecule has 6 amide bonds. The Labute approximate surface area is 191 Å². The van der Waals surface area contributed by atoms with E-state index in [1.807, 2.05) is 19.9 Å². The summed E-state index contributed by atoms with van der Waals surface area (Å²) >= 11 is 0. The number of hydrogen-bond acceptors (Lipinski definition) is 6. The summed E-state index contributed by atoms with van der Waals surface area (Å²) in [6.07, 6.45) is 1.06. The molecule has 10 nitrogen and oxygen atoms in total. The van der Waals surface area contributed by atoms with Crippen molar-refractivity contribution in [2.45, 2.75) is 31.2 Å². The highest BCUT2D eigenvalue weighted by Crippen LogP contribution is 2.29. The number of anilines is 1. The molecule has 1 saturated heterocycles. The molecule has 0 aliphatic carbocycles. The minimum atomic E-state index is -3.43. The van der Waals surface area contributed by atoms with Crippen LogP contribution in [0, 0.1) is 13.8 Å². The van der Waals surface area contributed by atoms with Crippen molar-refractivity contribution >= 4 is 39.4 Å². The van der Waals surface area contributed by atoms with Crippen molar-refractivity contribution in [1.29, 1.82) is 0 Å². The summed E-state index contributed by atoms with van der Waals surface area (Å²) in [7, 11) is -3.43. The molecule has 0 aromatic heterocycles. The molecule has 3 N–H and O–H groups in total. The number of carbonyl (C=O) groups excluding carboxylic acids is 4. The number of hydrogen-bond donors (Lipinski definition) is 3. The van der Waals surface area contributed by atoms with E-state index in [1.165, 1.54) is 31.2 Å². The van der Waals surface area contributed by atoms with Crippen LogP contribution in [0.5, 0.6) is 0 Å². The van der Waals surface area contributed by atoms with Gasteiger partial charge in [0, 0.05) is 11.9 Å². The van der Waals surface area contributed by atoms with Crippen molar-refractivity contribution in [3.05, 3.63) is 59.2 Å². The number of rotatable bonds is 5. The second kappa shape index (κ2) is 8.66. The second-order valence-corrected chi connectivity index (χ2v) is 10.1. The Kier molecular flexibility index (Phi) is 6.28. The first-order valence-electron chi connectivity index (χ1n) is 9.94. The van der Waals surface area contributed by atoms with Gasteiger partial charge >= 0.3 is 12.1 Å². The van der Waals surface area contributed by atoms with E-state index >= 15 is 0 Å². The molecule has 0 spiro atoms. The number of amides is 6. The van der Waals surface area contributed by atoms with E-state index in [1.54, 1.807) is 12.1 Å². The number of nitrogens with zero attached hydrogens (tertiary/aromatic N) is 1. The molecule has 1 unspecified atom stereocenters. The summed E-state index contributed by atoms with van der Waals surface area (Å²) in [6, 6.07) is 9.17. The van der Waals surface area contributed by atoms with E-state index in [9.17, 15) is 27.6 Å². The fourth-order valence-electron chi connectivity index (χ4n) is 3.36. The van der Waals surface area contributed by atoms with Crippen LogP contribution in [-0.2, 0) is 25.0 Å². The topological polar surface area (TPSA) is 142 Å². The van der Waals surface area contributed by atoms with E-state index in [0.29, 0.717) is 16.2 Å². The average Bonchev–Trinajstić information content (AvgIpc) is 2.94. The van der Waals surface area contributed by atoms with Crippen LogP contribution < -0.4 is 16.0 Å². The Morgan fingerprint density at radius 1 is 1.03 bits per heavy atom. The molecule has 33 heavy (non-hydrogen) atoms. The zero-order valence-corrected chi connectivity index (χ0v) is 19.4. The second-order valence-electron chi connectivity index (χ2n) is 8.04. The van der Waals surface area contributed by atoms with Crippen molar-refractivity contribution in [1.82, 2.24) is 15.5 Å². The van der Waals surface area contributed by atoms with Gasteiger partial charge in [-0.25, -0.2) is 18.0 Å². The summed E-state index contributed by atoms with van der Waals surface area (Å²) in [4.78, 5) is 50.5. The molecule has 3 rings (SSSR count). The summed E-state index contributed by atoms with van der Waals surface area (Å²) in [5.41, 5.74) is 1.36. The van der Waals surface area contributed by atoms with E-state index in [4.69, 9.17) is 0 Å². The van der Waals surface area contributed by atoms with Crippen LogP contribution in [0.2, 0.25) is 0 Å². The predicted octanol–water partition coefficient (Wildman–Crippen LogP) is 1.82. The van der Waals surface area contributed by atoms with Gasteiger partial charge in [0.15, 0.2) is 9.84 Å². The molecule has 0 bridgehead atoms. The van der Waals surface area contributed by atoms with Gasteiger partial charge in [-0.3, -0.25) is 19.8 Å². The third-order valence-corrected chi connectivity index (χ3v) is 6.58. The number of carbonyl (C=O) groups is 4. The minimum absolute atomic E-state index is 0.0673. The number of benzene rings is 2. The lowest BCUT2D eigenvalue weighted by molar-refractivity contribution is -0.134. The molecule has 1 fully saturated rings. The van der Waals surface area contributed by atoms with Gasteiger partial charge in [-0.1, -0.05) is 18.2 Å². The van der Waals surface area contributed by atoms with Crippen LogP contribution in [0.3, 0.4) is 0 Å². The normalized spacial score (nSPS) is 18.1. The smallest absolute Gasteiger partial charge is 0.319 e. The number of imide groups is 2. The molecule has 2 aromatic carbocycles. The third-order valence-electron chi connectivity index (χ3n) is 5.45. The first kappa shape index (κ1) is 23.9. The number of aryl methyl sites for hydroxylation is 2. The number of sulfone groups is 1. The first-order valence-corrected chi connectivity index (χ1v) is 11.8. The van der Waals surface area contributed by atoms with Gasteiger partial charge in [-0.15, -0.1) is 0 Å². The molecule has 11 heteroatoms. The lowest BCUT2D eigenvalue weighted by atomic mass is 9.92. The van der Waals surface area contributed by atoms with Gasteiger partial charge in [0.25, 0.3) is 5.91 Å². The molecule has 1 heterocycles. The summed E-state index contributed by atoms with van der Waals surface area (Å²) in [5, 5.41) is 7.14. The van der Waals surface area contributed by atoms with Crippen molar-refractivity contribution in [3.8, 4) is 0 Å². The Hall–Kier alpha value is -3.73. The molecule has 1 aliphatic heterocycles. The summed E-state index contributed by atoms with van der Waals surface area (Å²) in [6.45, 7) is 4.59. The highest BCUT2D eigenvalue weighted by atomic mass is 32.2. The van der Waals surface area contributed by atoms with Crippen molar-refractivity contribution in [2.24, 2.45) is 0 Å². The average molecular weight is 473 g/mol. The van der Waals surface area contributed by atoms with Gasteiger partial charge in [0.2, 0.25) is 5.91 Å². The fraction of sp³-hybridized carbons (Fsp3) is 0.273. The standard InChI is InChI=1S/C22H24N4O6S/c1-13-5-8-16(11-14(13)2)23-20(29)24-18(27)12-26-19(28)22(3,25-21(26)30)15-6-9-17(10-7-15)33(4,31)32/h5-11H,12H2,1-4H3,(H,25,30)(H2,23,24,27,29). The highest BCUT2D eigenvalue weighted by molar-refractivity contribution is 7.90. The van der Waals surface area contributed by atoms with Crippen LogP contribution in [0.25, 0.3) is 0 Å². The largest absolute Gasteiger partial charge is 0.325 e. The Balaban J connectivity index is 1.67. The minimum Gasteiger partial charge on any atom is -0.319 e. The van der Waals surface area contributed by atoms with Crippen molar-refractivity contribution in [3.63, 3.8) is 0 Å². The molecule has 1 aliphatic rings. The van der Waals surface area contributed by atoms with Crippen LogP contribution in [0.4, 0.5) is 15.3 Å².